The first-order chi connectivity index (χ1) is 13.3. The topological polar surface area (TPSA) is 64.1 Å². The predicted molar refractivity (Wildman–Crippen MR) is 106 cm³/mol. The van der Waals surface area contributed by atoms with Gasteiger partial charge in [-0.05, 0) is 24.3 Å². The molecule has 5 heteroatoms. The van der Waals surface area contributed by atoms with E-state index >= 15 is 0 Å². The summed E-state index contributed by atoms with van der Waals surface area (Å²) in [5, 5.41) is 3.77. The fourth-order valence-electron chi connectivity index (χ4n) is 2.99. The molecule has 0 aliphatic carbocycles. The SMILES string of the molecule is COc1ccccc1-c1cccc2ccc(C(=O)Nc3cccnc3)nc12. The molecule has 132 valence electrons. The Morgan fingerprint density at radius 2 is 1.78 bits per heavy atom. The number of carbonyl (C=O) groups excluding carboxylic acids is 1. The van der Waals surface area contributed by atoms with Crippen molar-refractivity contribution < 1.29 is 9.53 Å². The molecule has 4 aromatic rings. The minimum Gasteiger partial charge on any atom is -0.496 e. The van der Waals surface area contributed by atoms with Gasteiger partial charge in [-0.15, -0.1) is 0 Å². The molecule has 5 nitrogen and oxygen atoms in total. The van der Waals surface area contributed by atoms with Crippen molar-refractivity contribution in [3.8, 4) is 16.9 Å². The maximum Gasteiger partial charge on any atom is 0.274 e. The largest absolute Gasteiger partial charge is 0.496 e. The second-order valence-corrected chi connectivity index (χ2v) is 5.97. The number of fused-ring (bicyclic) bond motifs is 1. The summed E-state index contributed by atoms with van der Waals surface area (Å²) in [5.41, 5.74) is 3.57. The van der Waals surface area contributed by atoms with E-state index in [4.69, 9.17) is 4.74 Å². The first kappa shape index (κ1) is 16.7. The number of hydrogen-bond donors (Lipinski definition) is 1. The second-order valence-electron chi connectivity index (χ2n) is 5.97. The molecular weight excluding hydrogens is 338 g/mol. The number of hydrogen-bond acceptors (Lipinski definition) is 4. The van der Waals surface area contributed by atoms with Gasteiger partial charge in [-0.2, -0.15) is 0 Å². The van der Waals surface area contributed by atoms with Crippen LogP contribution in [0, 0.1) is 0 Å². The van der Waals surface area contributed by atoms with Gasteiger partial charge in [0.25, 0.3) is 5.91 Å². The molecule has 0 atom stereocenters. The summed E-state index contributed by atoms with van der Waals surface area (Å²) in [7, 11) is 1.64. The fourth-order valence-corrected chi connectivity index (χ4v) is 2.99. The van der Waals surface area contributed by atoms with Crippen molar-refractivity contribution in [2.75, 3.05) is 12.4 Å². The van der Waals surface area contributed by atoms with Crippen LogP contribution in [0.4, 0.5) is 5.69 Å². The van der Waals surface area contributed by atoms with Gasteiger partial charge in [0, 0.05) is 22.7 Å². The summed E-state index contributed by atoms with van der Waals surface area (Å²) in [4.78, 5) is 21.2. The van der Waals surface area contributed by atoms with E-state index in [0.717, 1.165) is 27.8 Å². The minimum atomic E-state index is -0.278. The van der Waals surface area contributed by atoms with E-state index in [1.807, 2.05) is 48.5 Å². The molecule has 0 saturated heterocycles. The Kier molecular flexibility index (Phi) is 4.49. The highest BCUT2D eigenvalue weighted by atomic mass is 16.5. The van der Waals surface area contributed by atoms with Crippen molar-refractivity contribution >= 4 is 22.5 Å². The number of carbonyl (C=O) groups is 1. The lowest BCUT2D eigenvalue weighted by Gasteiger charge is -2.11. The lowest BCUT2D eigenvalue weighted by atomic mass is 10.0. The standard InChI is InChI=1S/C22H17N3O2/c1-27-20-10-3-2-8-17(20)18-9-4-6-15-11-12-19(25-21(15)18)22(26)24-16-7-5-13-23-14-16/h2-14H,1H3,(H,24,26). The monoisotopic (exact) mass is 355 g/mol. The third-order valence-corrected chi connectivity index (χ3v) is 4.27. The number of rotatable bonds is 4. The average molecular weight is 355 g/mol. The number of pyridine rings is 2. The molecule has 0 aliphatic rings. The molecular formula is C22H17N3O2. The summed E-state index contributed by atoms with van der Waals surface area (Å²) in [6, 6.07) is 20.9. The number of ether oxygens (including phenoxy) is 1. The van der Waals surface area contributed by atoms with Crippen molar-refractivity contribution in [1.82, 2.24) is 9.97 Å². The van der Waals surface area contributed by atoms with E-state index in [2.05, 4.69) is 15.3 Å². The Labute approximate surface area is 156 Å². The summed E-state index contributed by atoms with van der Waals surface area (Å²) in [6.07, 6.45) is 3.25. The van der Waals surface area contributed by atoms with Gasteiger partial charge < -0.3 is 10.1 Å². The number of nitrogens with one attached hydrogen (secondary N) is 1. The molecule has 2 aromatic carbocycles. The average Bonchev–Trinajstić information content (AvgIpc) is 2.73. The molecule has 0 fully saturated rings. The van der Waals surface area contributed by atoms with Gasteiger partial charge >= 0.3 is 0 Å². The lowest BCUT2D eigenvalue weighted by molar-refractivity contribution is 0.102. The maximum absolute atomic E-state index is 12.6. The second kappa shape index (κ2) is 7.25. The number of anilines is 1. The summed E-state index contributed by atoms with van der Waals surface area (Å²) >= 11 is 0. The molecule has 0 spiro atoms. The van der Waals surface area contributed by atoms with Crippen LogP contribution in [0.25, 0.3) is 22.0 Å². The highest BCUT2D eigenvalue weighted by molar-refractivity contribution is 6.05. The van der Waals surface area contributed by atoms with Crippen molar-refractivity contribution in [3.63, 3.8) is 0 Å². The van der Waals surface area contributed by atoms with Gasteiger partial charge in [-0.3, -0.25) is 9.78 Å². The Morgan fingerprint density at radius 1 is 0.926 bits per heavy atom. The Bertz CT molecular complexity index is 1110. The predicted octanol–water partition coefficient (Wildman–Crippen LogP) is 4.56. The highest BCUT2D eigenvalue weighted by Gasteiger charge is 2.13. The molecule has 4 rings (SSSR count). The van der Waals surface area contributed by atoms with Gasteiger partial charge in [0.1, 0.15) is 11.4 Å². The first-order valence-electron chi connectivity index (χ1n) is 8.51. The van der Waals surface area contributed by atoms with Crippen LogP contribution in [-0.4, -0.2) is 23.0 Å². The molecule has 0 bridgehead atoms. The zero-order valence-corrected chi connectivity index (χ0v) is 14.7. The van der Waals surface area contributed by atoms with Crippen LogP contribution in [-0.2, 0) is 0 Å². The van der Waals surface area contributed by atoms with E-state index in [-0.39, 0.29) is 5.91 Å². The normalized spacial score (nSPS) is 10.6. The Balaban J connectivity index is 1.79. The Morgan fingerprint density at radius 3 is 2.59 bits per heavy atom. The molecule has 0 unspecified atom stereocenters. The first-order valence-corrected chi connectivity index (χ1v) is 8.51. The molecule has 2 heterocycles. The number of para-hydroxylation sites is 2. The van der Waals surface area contributed by atoms with Crippen LogP contribution in [0.3, 0.4) is 0 Å². The van der Waals surface area contributed by atoms with E-state index in [1.165, 1.54) is 0 Å². The molecule has 0 saturated carbocycles. The number of amides is 1. The van der Waals surface area contributed by atoms with Crippen LogP contribution < -0.4 is 10.1 Å². The molecule has 1 N–H and O–H groups in total. The third-order valence-electron chi connectivity index (χ3n) is 4.27. The molecule has 0 aliphatic heterocycles. The molecule has 0 radical (unpaired) electrons. The van der Waals surface area contributed by atoms with E-state index in [1.54, 1.807) is 37.7 Å². The quantitative estimate of drug-likeness (QED) is 0.583. The van der Waals surface area contributed by atoms with Gasteiger partial charge in [0.15, 0.2) is 0 Å². The fraction of sp³-hybridized carbons (Fsp3) is 0.0455. The summed E-state index contributed by atoms with van der Waals surface area (Å²) in [6.45, 7) is 0. The number of aromatic nitrogens is 2. The highest BCUT2D eigenvalue weighted by Crippen LogP contribution is 2.34. The van der Waals surface area contributed by atoms with Crippen molar-refractivity contribution in [3.05, 3.63) is 84.8 Å². The summed E-state index contributed by atoms with van der Waals surface area (Å²) in [5.74, 6) is 0.483. The molecule has 1 amide bonds. The minimum absolute atomic E-state index is 0.278. The smallest absolute Gasteiger partial charge is 0.274 e. The lowest BCUT2D eigenvalue weighted by Crippen LogP contribution is -2.13. The molecule has 2 aromatic heterocycles. The van der Waals surface area contributed by atoms with E-state index in [0.29, 0.717) is 11.4 Å². The van der Waals surface area contributed by atoms with E-state index < -0.39 is 0 Å². The van der Waals surface area contributed by atoms with Gasteiger partial charge in [0.2, 0.25) is 0 Å². The zero-order valence-electron chi connectivity index (χ0n) is 14.7. The van der Waals surface area contributed by atoms with Crippen LogP contribution in [0.15, 0.2) is 79.1 Å². The number of nitrogens with zero attached hydrogens (tertiary/aromatic N) is 2. The van der Waals surface area contributed by atoms with Crippen LogP contribution in [0.2, 0.25) is 0 Å². The van der Waals surface area contributed by atoms with Gasteiger partial charge in [0.05, 0.1) is 24.5 Å². The van der Waals surface area contributed by atoms with Crippen LogP contribution in [0.1, 0.15) is 10.5 Å². The maximum atomic E-state index is 12.6. The van der Waals surface area contributed by atoms with Crippen molar-refractivity contribution in [2.24, 2.45) is 0 Å². The summed E-state index contributed by atoms with van der Waals surface area (Å²) < 4.78 is 5.49. The number of methoxy groups -OCH3 is 1. The van der Waals surface area contributed by atoms with Crippen LogP contribution >= 0.6 is 0 Å². The third kappa shape index (κ3) is 3.35. The molecule has 27 heavy (non-hydrogen) atoms. The van der Waals surface area contributed by atoms with Crippen LogP contribution in [0.5, 0.6) is 5.75 Å². The van der Waals surface area contributed by atoms with Gasteiger partial charge in [-0.25, -0.2) is 4.98 Å². The zero-order chi connectivity index (χ0) is 18.6. The number of benzene rings is 2. The van der Waals surface area contributed by atoms with Gasteiger partial charge in [-0.1, -0.05) is 42.5 Å². The van der Waals surface area contributed by atoms with E-state index in [9.17, 15) is 4.79 Å². The van der Waals surface area contributed by atoms with Crippen molar-refractivity contribution in [1.29, 1.82) is 0 Å². The van der Waals surface area contributed by atoms with Crippen molar-refractivity contribution in [2.45, 2.75) is 0 Å². The Hall–Kier alpha value is -3.73.